The van der Waals surface area contributed by atoms with Gasteiger partial charge in [0.05, 0.1) is 13.8 Å². The van der Waals surface area contributed by atoms with Gasteiger partial charge in [0.1, 0.15) is 11.6 Å². The lowest BCUT2D eigenvalue weighted by Crippen LogP contribution is -2.47. The van der Waals surface area contributed by atoms with Gasteiger partial charge < -0.3 is 0 Å². The predicted octanol–water partition coefficient (Wildman–Crippen LogP) is 5.91. The quantitative estimate of drug-likeness (QED) is 0.541. The van der Waals surface area contributed by atoms with Crippen LogP contribution in [0.3, 0.4) is 0 Å². The Morgan fingerprint density at radius 2 is 1.50 bits per heavy atom. The molecule has 0 bridgehead atoms. The molecule has 0 fully saturated rings. The van der Waals surface area contributed by atoms with E-state index in [0.29, 0.717) is 11.3 Å². The zero-order valence-corrected chi connectivity index (χ0v) is 15.9. The van der Waals surface area contributed by atoms with Gasteiger partial charge in [0.25, 0.3) is 0 Å². The summed E-state index contributed by atoms with van der Waals surface area (Å²) >= 11 is 0. The van der Waals surface area contributed by atoms with E-state index in [2.05, 4.69) is 31.8 Å². The van der Waals surface area contributed by atoms with Gasteiger partial charge in [-0.2, -0.15) is 0 Å². The summed E-state index contributed by atoms with van der Waals surface area (Å²) < 4.78 is 27.0. The highest BCUT2D eigenvalue weighted by Gasteiger charge is 2.32. The molecule has 0 N–H and O–H groups in total. The molecule has 1 aromatic heterocycles. The van der Waals surface area contributed by atoms with E-state index in [0.717, 1.165) is 6.07 Å². The van der Waals surface area contributed by atoms with Crippen LogP contribution < -0.4 is 5.19 Å². The molecule has 130 valence electrons. The molecule has 0 unspecified atom stereocenters. The molecule has 2 rings (SSSR count). The fourth-order valence-corrected chi connectivity index (χ4v) is 9.07. The second kappa shape index (κ2) is 8.52. The number of halogens is 2. The van der Waals surface area contributed by atoms with Crippen molar-refractivity contribution in [3.05, 3.63) is 48.2 Å². The fraction of sp³-hybridized carbons (Fsp3) is 0.450. The van der Waals surface area contributed by atoms with Crippen LogP contribution >= 0.6 is 0 Å². The molecule has 0 amide bonds. The van der Waals surface area contributed by atoms with Crippen molar-refractivity contribution >= 4 is 13.3 Å². The number of benzene rings is 1. The number of rotatable bonds is 8. The molecule has 1 nitrogen and oxygen atoms in total. The zero-order valence-electron chi connectivity index (χ0n) is 14.9. The molecule has 0 aliphatic rings. The molecule has 1 aromatic carbocycles. The zero-order chi connectivity index (χ0) is 17.6. The summed E-state index contributed by atoms with van der Waals surface area (Å²) in [6.07, 6.45) is 5.53. The van der Waals surface area contributed by atoms with Gasteiger partial charge in [-0.05, 0) is 23.4 Å². The average Bonchev–Trinajstić information content (AvgIpc) is 2.56. The Morgan fingerprint density at radius 3 is 1.96 bits per heavy atom. The lowest BCUT2D eigenvalue weighted by atomic mass is 10.1. The Labute approximate surface area is 145 Å². The van der Waals surface area contributed by atoms with Crippen molar-refractivity contribution in [1.29, 1.82) is 0 Å². The first-order chi connectivity index (χ1) is 11.6. The SMILES string of the molecule is CCC[Si](CCC)(CCC)c1ccc(-c2ccc(F)cc2F)nc1. The van der Waals surface area contributed by atoms with E-state index in [-0.39, 0.29) is 0 Å². The standard InChI is InChI=1S/C20H27F2NSi/c1-4-11-24(12-5-2,13-6-3)17-8-10-20(23-15-17)18-9-7-16(21)14-19(18)22/h7-10,14-15H,4-6,11-13H2,1-3H3. The normalized spacial score (nSPS) is 11.7. The maximum atomic E-state index is 14.0. The molecule has 4 heteroatoms. The second-order valence-electron chi connectivity index (χ2n) is 6.59. The Morgan fingerprint density at radius 1 is 0.875 bits per heavy atom. The molecule has 0 spiro atoms. The van der Waals surface area contributed by atoms with Crippen molar-refractivity contribution in [1.82, 2.24) is 4.98 Å². The summed E-state index contributed by atoms with van der Waals surface area (Å²) in [5.74, 6) is -1.12. The van der Waals surface area contributed by atoms with E-state index >= 15 is 0 Å². The van der Waals surface area contributed by atoms with E-state index in [4.69, 9.17) is 0 Å². The van der Waals surface area contributed by atoms with Gasteiger partial charge in [0, 0.05) is 17.8 Å². The van der Waals surface area contributed by atoms with Crippen LogP contribution in [0.15, 0.2) is 36.5 Å². The van der Waals surface area contributed by atoms with Gasteiger partial charge in [-0.3, -0.25) is 4.98 Å². The lowest BCUT2D eigenvalue weighted by Gasteiger charge is -2.31. The largest absolute Gasteiger partial charge is 0.256 e. The summed E-state index contributed by atoms with van der Waals surface area (Å²) in [6.45, 7) is 6.76. The highest BCUT2D eigenvalue weighted by molar-refractivity contribution is 6.91. The van der Waals surface area contributed by atoms with Crippen molar-refractivity contribution in [3.8, 4) is 11.3 Å². The third-order valence-electron chi connectivity index (χ3n) is 4.77. The van der Waals surface area contributed by atoms with Crippen LogP contribution in [0.1, 0.15) is 40.0 Å². The summed E-state index contributed by atoms with van der Waals surface area (Å²) in [6, 6.07) is 11.5. The molecule has 0 aliphatic carbocycles. The van der Waals surface area contributed by atoms with E-state index in [1.54, 1.807) is 0 Å². The van der Waals surface area contributed by atoms with E-state index < -0.39 is 19.7 Å². The molecule has 0 aliphatic heterocycles. The number of hydrogen-bond acceptors (Lipinski definition) is 1. The van der Waals surface area contributed by atoms with Crippen LogP contribution in [0.2, 0.25) is 18.1 Å². The van der Waals surface area contributed by atoms with Gasteiger partial charge in [0.15, 0.2) is 0 Å². The van der Waals surface area contributed by atoms with Crippen molar-refractivity contribution in [2.24, 2.45) is 0 Å². The second-order valence-corrected chi connectivity index (χ2v) is 11.2. The minimum atomic E-state index is -1.53. The van der Waals surface area contributed by atoms with E-state index in [1.807, 2.05) is 12.3 Å². The number of nitrogens with zero attached hydrogens (tertiary/aromatic N) is 1. The molecular formula is C20H27F2NSi. The molecule has 0 saturated heterocycles. The maximum Gasteiger partial charge on any atom is 0.135 e. The lowest BCUT2D eigenvalue weighted by molar-refractivity contribution is 0.585. The average molecular weight is 348 g/mol. The third-order valence-corrected chi connectivity index (χ3v) is 10.7. The summed E-state index contributed by atoms with van der Waals surface area (Å²) in [7, 11) is -1.53. The highest BCUT2D eigenvalue weighted by atomic mass is 28.3. The smallest absolute Gasteiger partial charge is 0.135 e. The summed E-state index contributed by atoms with van der Waals surface area (Å²) in [5.41, 5.74) is 0.931. The first-order valence-electron chi connectivity index (χ1n) is 8.98. The van der Waals surface area contributed by atoms with Crippen LogP contribution in [0.5, 0.6) is 0 Å². The Hall–Kier alpha value is -1.55. The van der Waals surface area contributed by atoms with Crippen molar-refractivity contribution in [2.45, 2.75) is 58.2 Å². The number of hydrogen-bond donors (Lipinski definition) is 0. The fourth-order valence-electron chi connectivity index (χ4n) is 3.81. The molecule has 0 saturated carbocycles. The van der Waals surface area contributed by atoms with Crippen LogP contribution in [0, 0.1) is 11.6 Å². The summed E-state index contributed by atoms with van der Waals surface area (Å²) in [4.78, 5) is 4.52. The minimum absolute atomic E-state index is 0.358. The van der Waals surface area contributed by atoms with Gasteiger partial charge in [-0.25, -0.2) is 8.78 Å². The number of aromatic nitrogens is 1. The van der Waals surface area contributed by atoms with Crippen LogP contribution in [-0.2, 0) is 0 Å². The van der Waals surface area contributed by atoms with Gasteiger partial charge in [0.2, 0.25) is 0 Å². The minimum Gasteiger partial charge on any atom is -0.256 e. The third kappa shape index (κ3) is 4.10. The van der Waals surface area contributed by atoms with Gasteiger partial charge >= 0.3 is 0 Å². The predicted molar refractivity (Wildman–Crippen MR) is 100 cm³/mol. The number of pyridine rings is 1. The topological polar surface area (TPSA) is 12.9 Å². The van der Waals surface area contributed by atoms with Crippen molar-refractivity contribution < 1.29 is 8.78 Å². The molecule has 0 atom stereocenters. The molecule has 0 radical (unpaired) electrons. The van der Waals surface area contributed by atoms with Crippen LogP contribution in [0.25, 0.3) is 11.3 Å². The Balaban J connectivity index is 2.38. The van der Waals surface area contributed by atoms with Crippen LogP contribution in [-0.4, -0.2) is 13.1 Å². The monoisotopic (exact) mass is 347 g/mol. The van der Waals surface area contributed by atoms with E-state index in [1.165, 1.54) is 54.7 Å². The first kappa shape index (κ1) is 18.8. The van der Waals surface area contributed by atoms with Crippen molar-refractivity contribution in [2.75, 3.05) is 0 Å². The Kier molecular flexibility index (Phi) is 6.66. The molecule has 24 heavy (non-hydrogen) atoms. The van der Waals surface area contributed by atoms with E-state index in [9.17, 15) is 8.78 Å². The molecular weight excluding hydrogens is 320 g/mol. The molecule has 2 aromatic rings. The van der Waals surface area contributed by atoms with Gasteiger partial charge in [-0.1, -0.05) is 64.2 Å². The van der Waals surface area contributed by atoms with Crippen LogP contribution in [0.4, 0.5) is 8.78 Å². The highest BCUT2D eigenvalue weighted by Crippen LogP contribution is 2.27. The maximum absolute atomic E-state index is 14.0. The molecule has 1 heterocycles. The van der Waals surface area contributed by atoms with Crippen molar-refractivity contribution in [3.63, 3.8) is 0 Å². The first-order valence-corrected chi connectivity index (χ1v) is 11.6. The summed E-state index contributed by atoms with van der Waals surface area (Å²) in [5, 5.41) is 1.37. The Bertz CT molecular complexity index is 638. The van der Waals surface area contributed by atoms with Gasteiger partial charge in [-0.15, -0.1) is 0 Å².